The second kappa shape index (κ2) is 7.79. The van der Waals surface area contributed by atoms with Crippen molar-refractivity contribution in [2.24, 2.45) is 4.99 Å². The summed E-state index contributed by atoms with van der Waals surface area (Å²) < 4.78 is 13.1. The highest BCUT2D eigenvalue weighted by Crippen LogP contribution is 2.48. The molecule has 2 N–H and O–H groups in total. The van der Waals surface area contributed by atoms with Crippen LogP contribution in [0.2, 0.25) is 0 Å². The van der Waals surface area contributed by atoms with Gasteiger partial charge < -0.3 is 15.3 Å². The number of benzene rings is 1. The van der Waals surface area contributed by atoms with Gasteiger partial charge in [0, 0.05) is 25.0 Å². The maximum atomic E-state index is 13.1. The number of nitrogens with one attached hydrogen (secondary N) is 1. The van der Waals surface area contributed by atoms with E-state index >= 15 is 0 Å². The van der Waals surface area contributed by atoms with E-state index in [-0.39, 0.29) is 41.3 Å². The molecule has 0 aromatic heterocycles. The van der Waals surface area contributed by atoms with Gasteiger partial charge >= 0.3 is 0 Å². The van der Waals surface area contributed by atoms with Crippen molar-refractivity contribution in [1.82, 2.24) is 10.2 Å². The zero-order valence-electron chi connectivity index (χ0n) is 13.5. The van der Waals surface area contributed by atoms with Gasteiger partial charge in [0.05, 0.1) is 12.6 Å². The van der Waals surface area contributed by atoms with E-state index in [9.17, 15) is 9.50 Å². The average molecular weight is 433 g/mol. The highest BCUT2D eigenvalue weighted by Gasteiger charge is 2.44. The van der Waals surface area contributed by atoms with E-state index < -0.39 is 0 Å². The van der Waals surface area contributed by atoms with Gasteiger partial charge in [-0.1, -0.05) is 12.1 Å². The van der Waals surface area contributed by atoms with Crippen molar-refractivity contribution in [1.29, 1.82) is 0 Å². The third kappa shape index (κ3) is 4.35. The third-order valence-corrected chi connectivity index (χ3v) is 4.64. The summed E-state index contributed by atoms with van der Waals surface area (Å²) in [5.74, 6) is 0.690. The molecule has 0 amide bonds. The minimum atomic E-state index is -0.254. The van der Waals surface area contributed by atoms with Crippen molar-refractivity contribution in [3.05, 3.63) is 35.6 Å². The molecule has 0 bridgehead atoms. The van der Waals surface area contributed by atoms with Crippen molar-refractivity contribution < 1.29 is 9.50 Å². The maximum Gasteiger partial charge on any atom is 0.194 e. The second-order valence-electron chi connectivity index (χ2n) is 6.35. The molecule has 6 heteroatoms. The van der Waals surface area contributed by atoms with Crippen LogP contribution < -0.4 is 5.32 Å². The van der Waals surface area contributed by atoms with Gasteiger partial charge in [-0.2, -0.15) is 0 Å². The van der Waals surface area contributed by atoms with Gasteiger partial charge in [-0.05, 0) is 43.9 Å². The first-order valence-electron chi connectivity index (χ1n) is 8.10. The summed E-state index contributed by atoms with van der Waals surface area (Å²) in [4.78, 5) is 6.91. The van der Waals surface area contributed by atoms with Crippen molar-refractivity contribution >= 4 is 29.9 Å². The van der Waals surface area contributed by atoms with Crippen LogP contribution in [0.4, 0.5) is 4.39 Å². The number of aliphatic hydroxyl groups is 1. The van der Waals surface area contributed by atoms with E-state index in [1.54, 1.807) is 0 Å². The number of guanidine groups is 1. The zero-order valence-corrected chi connectivity index (χ0v) is 15.8. The van der Waals surface area contributed by atoms with Crippen molar-refractivity contribution in [2.45, 2.75) is 37.7 Å². The number of rotatable bonds is 4. The molecule has 3 rings (SSSR count). The Hall–Kier alpha value is -0.890. The van der Waals surface area contributed by atoms with Gasteiger partial charge in [0.2, 0.25) is 0 Å². The Balaban J connectivity index is 0.00000192. The Bertz CT molecular complexity index is 545. The van der Waals surface area contributed by atoms with Crippen LogP contribution in [0.15, 0.2) is 29.3 Å². The van der Waals surface area contributed by atoms with Gasteiger partial charge in [0.1, 0.15) is 5.82 Å². The van der Waals surface area contributed by atoms with Gasteiger partial charge in [-0.25, -0.2) is 4.39 Å². The summed E-state index contributed by atoms with van der Waals surface area (Å²) in [7, 11) is 0. The lowest BCUT2D eigenvalue weighted by molar-refractivity contribution is 0.188. The van der Waals surface area contributed by atoms with Gasteiger partial charge in [-0.3, -0.25) is 4.99 Å². The number of likely N-dealkylation sites (tertiary alicyclic amines) is 1. The molecule has 1 saturated heterocycles. The molecule has 0 spiro atoms. The van der Waals surface area contributed by atoms with Crippen LogP contribution in [0.3, 0.4) is 0 Å². The number of β-amino-alcohol motifs (C(OH)–C–C–N with tert-alkyl or cyclic N) is 1. The van der Waals surface area contributed by atoms with E-state index in [0.717, 1.165) is 38.3 Å². The minimum absolute atomic E-state index is 0. The average Bonchev–Trinajstić information content (AvgIpc) is 3.18. The molecule has 128 valence electrons. The van der Waals surface area contributed by atoms with Crippen LogP contribution in [-0.4, -0.2) is 48.2 Å². The SMILES string of the molecule is CCNC(=NCC1(c2ccc(F)cc2)CC1)N1CC[C@@H](O)C1.I. The zero-order chi connectivity index (χ0) is 15.6. The van der Waals surface area contributed by atoms with Crippen molar-refractivity contribution in [3.63, 3.8) is 0 Å². The Labute approximate surface area is 154 Å². The lowest BCUT2D eigenvalue weighted by Crippen LogP contribution is -2.41. The number of hydrogen-bond donors (Lipinski definition) is 2. The molecule has 1 atom stereocenters. The number of aliphatic hydroxyl groups excluding tert-OH is 1. The maximum absolute atomic E-state index is 13.1. The molecule has 1 aromatic carbocycles. The Morgan fingerprint density at radius 3 is 2.61 bits per heavy atom. The topological polar surface area (TPSA) is 47.9 Å². The first-order valence-corrected chi connectivity index (χ1v) is 8.10. The van der Waals surface area contributed by atoms with Crippen molar-refractivity contribution in [3.8, 4) is 0 Å². The van der Waals surface area contributed by atoms with Crippen molar-refractivity contribution in [2.75, 3.05) is 26.2 Å². The van der Waals surface area contributed by atoms with Crippen LogP contribution in [0.25, 0.3) is 0 Å². The van der Waals surface area contributed by atoms with Crippen LogP contribution in [0.5, 0.6) is 0 Å². The first-order chi connectivity index (χ1) is 10.6. The summed E-state index contributed by atoms with van der Waals surface area (Å²) in [5, 5.41) is 13.0. The standard InChI is InChI=1S/C17H24FN3O.HI/c1-2-19-16(21-10-7-15(22)11-21)20-12-17(8-9-17)13-3-5-14(18)6-4-13;/h3-6,15,22H,2,7-12H2,1H3,(H,19,20);1H/t15-;/m1./s1. The molecule has 1 aliphatic heterocycles. The van der Waals surface area contributed by atoms with E-state index in [1.165, 1.54) is 17.7 Å². The number of aliphatic imine (C=N–C) groups is 1. The smallest absolute Gasteiger partial charge is 0.194 e. The minimum Gasteiger partial charge on any atom is -0.391 e. The Morgan fingerprint density at radius 2 is 2.09 bits per heavy atom. The fourth-order valence-electron chi connectivity index (χ4n) is 3.08. The summed E-state index contributed by atoms with van der Waals surface area (Å²) in [6.07, 6.45) is 2.75. The fraction of sp³-hybridized carbons (Fsp3) is 0.588. The monoisotopic (exact) mass is 433 g/mol. The molecule has 2 aliphatic rings. The van der Waals surface area contributed by atoms with Crippen LogP contribution in [0, 0.1) is 5.82 Å². The van der Waals surface area contributed by atoms with E-state index in [4.69, 9.17) is 4.99 Å². The number of nitrogens with zero attached hydrogens (tertiary/aromatic N) is 2. The van der Waals surface area contributed by atoms with Gasteiger partial charge in [-0.15, -0.1) is 24.0 Å². The molecule has 4 nitrogen and oxygen atoms in total. The molecule has 2 fully saturated rings. The lowest BCUT2D eigenvalue weighted by atomic mass is 9.96. The molecular formula is C17H25FIN3O. The predicted octanol–water partition coefficient (Wildman–Crippen LogP) is 2.51. The molecule has 0 radical (unpaired) electrons. The van der Waals surface area contributed by atoms with Crippen LogP contribution >= 0.6 is 24.0 Å². The first kappa shape index (κ1) is 18.4. The summed E-state index contributed by atoms with van der Waals surface area (Å²) in [6, 6.07) is 6.82. The highest BCUT2D eigenvalue weighted by atomic mass is 127. The molecule has 1 aromatic rings. The third-order valence-electron chi connectivity index (χ3n) is 4.64. The fourth-order valence-corrected chi connectivity index (χ4v) is 3.08. The number of halogens is 2. The summed E-state index contributed by atoms with van der Waals surface area (Å²) in [6.45, 7) is 5.07. The van der Waals surface area contributed by atoms with Crippen LogP contribution in [0.1, 0.15) is 31.7 Å². The van der Waals surface area contributed by atoms with E-state index in [2.05, 4.69) is 17.1 Å². The molecule has 1 aliphatic carbocycles. The molecule has 23 heavy (non-hydrogen) atoms. The van der Waals surface area contributed by atoms with Crippen LogP contribution in [-0.2, 0) is 5.41 Å². The highest BCUT2D eigenvalue weighted by molar-refractivity contribution is 14.0. The quantitative estimate of drug-likeness (QED) is 0.436. The van der Waals surface area contributed by atoms with Gasteiger partial charge in [0.15, 0.2) is 5.96 Å². The molecular weight excluding hydrogens is 408 g/mol. The van der Waals surface area contributed by atoms with Gasteiger partial charge in [0.25, 0.3) is 0 Å². The van der Waals surface area contributed by atoms with E-state index in [1.807, 2.05) is 12.1 Å². The summed E-state index contributed by atoms with van der Waals surface area (Å²) >= 11 is 0. The second-order valence-corrected chi connectivity index (χ2v) is 6.35. The molecule has 1 heterocycles. The predicted molar refractivity (Wildman–Crippen MR) is 101 cm³/mol. The number of hydrogen-bond acceptors (Lipinski definition) is 2. The molecule has 0 unspecified atom stereocenters. The Morgan fingerprint density at radius 1 is 1.39 bits per heavy atom. The summed E-state index contributed by atoms with van der Waals surface area (Å²) in [5.41, 5.74) is 1.25. The molecule has 1 saturated carbocycles. The van der Waals surface area contributed by atoms with E-state index in [0.29, 0.717) is 13.1 Å². The largest absolute Gasteiger partial charge is 0.391 e. The lowest BCUT2D eigenvalue weighted by Gasteiger charge is -2.22. The normalized spacial score (nSPS) is 22.7. The Kier molecular flexibility index (Phi) is 6.25.